The van der Waals surface area contributed by atoms with E-state index >= 15 is 0 Å². The van der Waals surface area contributed by atoms with Crippen molar-refractivity contribution >= 4 is 28.2 Å². The second-order valence-electron chi connectivity index (χ2n) is 6.41. The fraction of sp³-hybridized carbons (Fsp3) is 0.182. The van der Waals surface area contributed by atoms with Gasteiger partial charge in [0.05, 0.1) is 5.56 Å². The van der Waals surface area contributed by atoms with E-state index in [-0.39, 0.29) is 5.91 Å². The summed E-state index contributed by atoms with van der Waals surface area (Å²) in [6.45, 7) is 1.88. The van der Waals surface area contributed by atoms with Gasteiger partial charge >= 0.3 is 0 Å². The maximum absolute atomic E-state index is 12.4. The normalized spacial score (nSPS) is 10.6. The Kier molecular flexibility index (Phi) is 6.04. The molecule has 4 nitrogen and oxygen atoms in total. The van der Waals surface area contributed by atoms with E-state index in [1.807, 2.05) is 67.6 Å². The Balaban J connectivity index is 1.74. The van der Waals surface area contributed by atoms with E-state index in [0.717, 1.165) is 21.6 Å². The average Bonchev–Trinajstić information content (AvgIpc) is 2.97. The molecule has 0 aliphatic heterocycles. The van der Waals surface area contributed by atoms with Crippen LogP contribution in [0.25, 0.3) is 0 Å². The Morgan fingerprint density at radius 2 is 1.56 bits per heavy atom. The van der Waals surface area contributed by atoms with Gasteiger partial charge in [0, 0.05) is 17.7 Å². The zero-order chi connectivity index (χ0) is 19.2. The summed E-state index contributed by atoms with van der Waals surface area (Å²) in [5, 5.41) is 3.43. The van der Waals surface area contributed by atoms with Crippen molar-refractivity contribution in [2.75, 3.05) is 5.32 Å². The number of hydrogen-bond acceptors (Lipinski definition) is 3. The first-order chi connectivity index (χ1) is 13.0. The first-order valence-electron chi connectivity index (χ1n) is 8.84. The lowest BCUT2D eigenvalue weighted by molar-refractivity contribution is -0.116. The molecule has 3 N–H and O–H groups in total. The SMILES string of the molecule is Cc1c(Cc2ccccc2)sc(NC(=O)CCc2ccccc2)c1C(N)=O. The predicted octanol–water partition coefficient (Wildman–Crippen LogP) is 4.32. The van der Waals surface area contributed by atoms with Gasteiger partial charge in [0.1, 0.15) is 5.00 Å². The van der Waals surface area contributed by atoms with Crippen molar-refractivity contribution in [3.05, 3.63) is 87.8 Å². The molecule has 0 saturated heterocycles. The summed E-state index contributed by atoms with van der Waals surface area (Å²) >= 11 is 1.43. The number of nitrogens with one attached hydrogen (secondary N) is 1. The molecule has 1 aromatic heterocycles. The number of benzene rings is 2. The van der Waals surface area contributed by atoms with Gasteiger partial charge in [0.15, 0.2) is 0 Å². The summed E-state index contributed by atoms with van der Waals surface area (Å²) in [6.07, 6.45) is 1.71. The Hall–Kier alpha value is -2.92. The van der Waals surface area contributed by atoms with Crippen LogP contribution in [0.3, 0.4) is 0 Å². The number of carbonyl (C=O) groups is 2. The number of anilines is 1. The minimum Gasteiger partial charge on any atom is -0.365 e. The summed E-state index contributed by atoms with van der Waals surface area (Å²) in [4.78, 5) is 25.4. The van der Waals surface area contributed by atoms with Crippen molar-refractivity contribution in [2.45, 2.75) is 26.2 Å². The van der Waals surface area contributed by atoms with Gasteiger partial charge < -0.3 is 11.1 Å². The van der Waals surface area contributed by atoms with Gasteiger partial charge in [-0.1, -0.05) is 60.7 Å². The van der Waals surface area contributed by atoms with Gasteiger partial charge in [-0.25, -0.2) is 0 Å². The molecular weight excluding hydrogens is 356 g/mol. The maximum atomic E-state index is 12.4. The molecule has 0 spiro atoms. The summed E-state index contributed by atoms with van der Waals surface area (Å²) in [5.41, 5.74) is 9.10. The third-order valence-electron chi connectivity index (χ3n) is 4.44. The molecule has 27 heavy (non-hydrogen) atoms. The average molecular weight is 378 g/mol. The minimum absolute atomic E-state index is 0.117. The highest BCUT2D eigenvalue weighted by atomic mass is 32.1. The standard InChI is InChI=1S/C22H22N2O2S/c1-15-18(14-17-10-6-3-7-11-17)27-22(20(15)21(23)26)24-19(25)13-12-16-8-4-2-5-9-16/h2-11H,12-14H2,1H3,(H2,23,26)(H,24,25). The van der Waals surface area contributed by atoms with E-state index < -0.39 is 5.91 Å². The van der Waals surface area contributed by atoms with Crippen molar-refractivity contribution < 1.29 is 9.59 Å². The summed E-state index contributed by atoms with van der Waals surface area (Å²) < 4.78 is 0. The maximum Gasteiger partial charge on any atom is 0.251 e. The molecule has 0 saturated carbocycles. The zero-order valence-corrected chi connectivity index (χ0v) is 16.0. The third kappa shape index (κ3) is 4.83. The van der Waals surface area contributed by atoms with Crippen LogP contribution in [0.1, 0.15) is 38.3 Å². The van der Waals surface area contributed by atoms with E-state index in [1.54, 1.807) is 0 Å². The van der Waals surface area contributed by atoms with Crippen LogP contribution in [-0.2, 0) is 17.6 Å². The quantitative estimate of drug-likeness (QED) is 0.643. The lowest BCUT2D eigenvalue weighted by Gasteiger charge is -2.05. The number of hydrogen-bond donors (Lipinski definition) is 2. The molecule has 3 rings (SSSR count). The van der Waals surface area contributed by atoms with E-state index in [4.69, 9.17) is 5.73 Å². The van der Waals surface area contributed by atoms with Gasteiger partial charge in [-0.05, 0) is 30.0 Å². The van der Waals surface area contributed by atoms with E-state index in [9.17, 15) is 9.59 Å². The number of primary amides is 1. The predicted molar refractivity (Wildman–Crippen MR) is 110 cm³/mol. The second kappa shape index (κ2) is 8.64. The highest BCUT2D eigenvalue weighted by Crippen LogP contribution is 2.34. The van der Waals surface area contributed by atoms with Crippen LogP contribution < -0.4 is 11.1 Å². The van der Waals surface area contributed by atoms with E-state index in [1.165, 1.54) is 11.3 Å². The molecule has 5 heteroatoms. The molecule has 0 unspecified atom stereocenters. The molecule has 138 valence electrons. The van der Waals surface area contributed by atoms with Crippen LogP contribution in [0.15, 0.2) is 60.7 Å². The first-order valence-corrected chi connectivity index (χ1v) is 9.66. The molecule has 2 amide bonds. The van der Waals surface area contributed by atoms with Crippen LogP contribution in [0.2, 0.25) is 0 Å². The molecule has 2 aromatic carbocycles. The minimum atomic E-state index is -0.513. The molecule has 0 radical (unpaired) electrons. The fourth-order valence-corrected chi connectivity index (χ4v) is 4.25. The molecule has 0 bridgehead atoms. The smallest absolute Gasteiger partial charge is 0.251 e. The number of carbonyl (C=O) groups excluding carboxylic acids is 2. The van der Waals surface area contributed by atoms with Crippen molar-refractivity contribution in [3.63, 3.8) is 0 Å². The summed E-state index contributed by atoms with van der Waals surface area (Å²) in [6, 6.07) is 19.9. The second-order valence-corrected chi connectivity index (χ2v) is 7.52. The Labute approximate surface area is 163 Å². The molecular formula is C22H22N2O2S. The summed E-state index contributed by atoms with van der Waals surface area (Å²) in [5.74, 6) is -0.629. The van der Waals surface area contributed by atoms with Crippen molar-refractivity contribution in [2.24, 2.45) is 5.73 Å². The van der Waals surface area contributed by atoms with Gasteiger partial charge in [-0.3, -0.25) is 9.59 Å². The summed E-state index contributed by atoms with van der Waals surface area (Å²) in [7, 11) is 0. The Bertz CT molecular complexity index is 934. The number of amides is 2. The van der Waals surface area contributed by atoms with E-state index in [2.05, 4.69) is 5.32 Å². The van der Waals surface area contributed by atoms with Crippen molar-refractivity contribution in [3.8, 4) is 0 Å². The Morgan fingerprint density at radius 3 is 2.15 bits per heavy atom. The third-order valence-corrected chi connectivity index (χ3v) is 5.64. The van der Waals surface area contributed by atoms with Gasteiger partial charge in [0.2, 0.25) is 5.91 Å². The molecule has 0 aliphatic carbocycles. The van der Waals surface area contributed by atoms with E-state index in [0.29, 0.717) is 29.8 Å². The zero-order valence-electron chi connectivity index (χ0n) is 15.2. The molecule has 0 fully saturated rings. The van der Waals surface area contributed by atoms with Crippen LogP contribution in [0, 0.1) is 6.92 Å². The Morgan fingerprint density at radius 1 is 0.963 bits per heavy atom. The number of nitrogens with two attached hydrogens (primary N) is 1. The molecule has 1 heterocycles. The van der Waals surface area contributed by atoms with Crippen molar-refractivity contribution in [1.82, 2.24) is 0 Å². The van der Waals surface area contributed by atoms with Gasteiger partial charge in [-0.2, -0.15) is 0 Å². The van der Waals surface area contributed by atoms with Crippen LogP contribution in [0.4, 0.5) is 5.00 Å². The lowest BCUT2D eigenvalue weighted by atomic mass is 10.1. The monoisotopic (exact) mass is 378 g/mol. The van der Waals surface area contributed by atoms with Crippen LogP contribution in [0.5, 0.6) is 0 Å². The number of aryl methyl sites for hydroxylation is 1. The van der Waals surface area contributed by atoms with Crippen LogP contribution >= 0.6 is 11.3 Å². The van der Waals surface area contributed by atoms with Gasteiger partial charge in [-0.15, -0.1) is 11.3 Å². The van der Waals surface area contributed by atoms with Crippen LogP contribution in [-0.4, -0.2) is 11.8 Å². The largest absolute Gasteiger partial charge is 0.365 e. The topological polar surface area (TPSA) is 72.2 Å². The number of rotatable bonds is 7. The van der Waals surface area contributed by atoms with Crippen molar-refractivity contribution in [1.29, 1.82) is 0 Å². The molecule has 0 atom stereocenters. The highest BCUT2D eigenvalue weighted by molar-refractivity contribution is 7.17. The molecule has 0 aliphatic rings. The first kappa shape index (κ1) is 18.9. The lowest BCUT2D eigenvalue weighted by Crippen LogP contribution is -2.17. The van der Waals surface area contributed by atoms with Gasteiger partial charge in [0.25, 0.3) is 5.91 Å². The molecule has 3 aromatic rings. The number of thiophene rings is 1. The highest BCUT2D eigenvalue weighted by Gasteiger charge is 2.20. The fourth-order valence-electron chi connectivity index (χ4n) is 2.99.